The van der Waals surface area contributed by atoms with E-state index in [1.807, 2.05) is 66.2 Å². The van der Waals surface area contributed by atoms with Crippen LogP contribution < -0.4 is 10.1 Å². The molecule has 1 N–H and O–H groups in total. The first-order valence-corrected chi connectivity index (χ1v) is 8.81. The molecular formula is C22H19N3O2. The molecule has 134 valence electrons. The van der Waals surface area contributed by atoms with Crippen molar-refractivity contribution in [1.82, 2.24) is 9.38 Å². The predicted octanol–water partition coefficient (Wildman–Crippen LogP) is 4.65. The molecular weight excluding hydrogens is 338 g/mol. The first kappa shape index (κ1) is 16.8. The SMILES string of the molecule is CCOc1ccc(C(=O)Nc2cccc(-c3cn4ccccc4n3)c2)cc1. The van der Waals surface area contributed by atoms with Crippen LogP contribution in [0.15, 0.2) is 79.1 Å². The number of amides is 1. The van der Waals surface area contributed by atoms with Crippen molar-refractivity contribution >= 4 is 17.2 Å². The third-order valence-corrected chi connectivity index (χ3v) is 4.21. The minimum atomic E-state index is -0.162. The van der Waals surface area contributed by atoms with Gasteiger partial charge in [-0.15, -0.1) is 0 Å². The van der Waals surface area contributed by atoms with Gasteiger partial charge in [-0.1, -0.05) is 18.2 Å². The van der Waals surface area contributed by atoms with Crippen LogP contribution in [-0.4, -0.2) is 21.9 Å². The van der Waals surface area contributed by atoms with Gasteiger partial charge in [-0.2, -0.15) is 0 Å². The summed E-state index contributed by atoms with van der Waals surface area (Å²) >= 11 is 0. The molecule has 27 heavy (non-hydrogen) atoms. The summed E-state index contributed by atoms with van der Waals surface area (Å²) in [5.74, 6) is 0.591. The van der Waals surface area contributed by atoms with Crippen molar-refractivity contribution < 1.29 is 9.53 Å². The Bertz CT molecular complexity index is 1050. The minimum absolute atomic E-state index is 0.162. The maximum Gasteiger partial charge on any atom is 0.255 e. The molecule has 2 aromatic heterocycles. The topological polar surface area (TPSA) is 55.6 Å². The van der Waals surface area contributed by atoms with Gasteiger partial charge >= 0.3 is 0 Å². The summed E-state index contributed by atoms with van der Waals surface area (Å²) in [4.78, 5) is 17.1. The Kier molecular flexibility index (Phi) is 4.58. The van der Waals surface area contributed by atoms with Crippen molar-refractivity contribution in [3.63, 3.8) is 0 Å². The number of hydrogen-bond acceptors (Lipinski definition) is 3. The van der Waals surface area contributed by atoms with Crippen molar-refractivity contribution in [2.75, 3.05) is 11.9 Å². The summed E-state index contributed by atoms with van der Waals surface area (Å²) in [6.07, 6.45) is 3.94. The fourth-order valence-electron chi connectivity index (χ4n) is 2.90. The number of carbonyl (C=O) groups excluding carboxylic acids is 1. The predicted molar refractivity (Wildman–Crippen MR) is 106 cm³/mol. The number of fused-ring (bicyclic) bond motifs is 1. The Morgan fingerprint density at radius 1 is 1.07 bits per heavy atom. The molecule has 2 heterocycles. The number of rotatable bonds is 5. The van der Waals surface area contributed by atoms with Crippen molar-refractivity contribution in [2.45, 2.75) is 6.92 Å². The number of hydrogen-bond donors (Lipinski definition) is 1. The molecule has 1 amide bonds. The average Bonchev–Trinajstić information content (AvgIpc) is 3.13. The first-order valence-electron chi connectivity index (χ1n) is 8.81. The lowest BCUT2D eigenvalue weighted by atomic mass is 10.1. The number of aromatic nitrogens is 2. The molecule has 0 aliphatic carbocycles. The van der Waals surface area contributed by atoms with Crippen LogP contribution in [-0.2, 0) is 0 Å². The van der Waals surface area contributed by atoms with Gasteiger partial charge in [0.25, 0.3) is 5.91 Å². The van der Waals surface area contributed by atoms with Crippen LogP contribution >= 0.6 is 0 Å². The van der Waals surface area contributed by atoms with Crippen LogP contribution in [0.4, 0.5) is 5.69 Å². The van der Waals surface area contributed by atoms with Crippen LogP contribution in [0.3, 0.4) is 0 Å². The number of nitrogens with zero attached hydrogens (tertiary/aromatic N) is 2. The summed E-state index contributed by atoms with van der Waals surface area (Å²) in [7, 11) is 0. The molecule has 0 aliphatic rings. The van der Waals surface area contributed by atoms with E-state index in [0.717, 1.165) is 28.3 Å². The number of ether oxygens (including phenoxy) is 1. The Morgan fingerprint density at radius 3 is 2.70 bits per heavy atom. The second kappa shape index (κ2) is 7.33. The van der Waals surface area contributed by atoms with E-state index in [1.165, 1.54) is 0 Å². The Balaban J connectivity index is 1.54. The quantitative estimate of drug-likeness (QED) is 0.565. The monoisotopic (exact) mass is 357 g/mol. The number of benzene rings is 2. The second-order valence-corrected chi connectivity index (χ2v) is 6.08. The van der Waals surface area contributed by atoms with E-state index >= 15 is 0 Å². The van der Waals surface area contributed by atoms with Crippen LogP contribution in [0.1, 0.15) is 17.3 Å². The lowest BCUT2D eigenvalue weighted by molar-refractivity contribution is 0.102. The molecule has 0 aliphatic heterocycles. The van der Waals surface area contributed by atoms with Crippen molar-refractivity contribution in [1.29, 1.82) is 0 Å². The smallest absolute Gasteiger partial charge is 0.255 e. The van der Waals surface area contributed by atoms with Gasteiger partial charge in [0.2, 0.25) is 0 Å². The van der Waals surface area contributed by atoms with Gasteiger partial charge < -0.3 is 14.5 Å². The molecule has 4 aromatic rings. The van der Waals surface area contributed by atoms with Gasteiger partial charge in [-0.05, 0) is 55.5 Å². The van der Waals surface area contributed by atoms with E-state index in [2.05, 4.69) is 10.3 Å². The maximum absolute atomic E-state index is 12.5. The summed E-state index contributed by atoms with van der Waals surface area (Å²) in [6, 6.07) is 20.7. The van der Waals surface area contributed by atoms with Gasteiger partial charge in [0, 0.05) is 29.2 Å². The number of nitrogens with one attached hydrogen (secondary N) is 1. The number of imidazole rings is 1. The van der Waals surface area contributed by atoms with Crippen LogP contribution in [0.25, 0.3) is 16.9 Å². The van der Waals surface area contributed by atoms with Crippen molar-refractivity contribution in [3.8, 4) is 17.0 Å². The molecule has 0 fully saturated rings. The highest BCUT2D eigenvalue weighted by Gasteiger charge is 2.09. The minimum Gasteiger partial charge on any atom is -0.494 e. The molecule has 0 radical (unpaired) electrons. The van der Waals surface area contributed by atoms with Crippen molar-refractivity contribution in [2.24, 2.45) is 0 Å². The molecule has 0 bridgehead atoms. The molecule has 0 saturated carbocycles. The van der Waals surface area contributed by atoms with Crippen molar-refractivity contribution in [3.05, 3.63) is 84.7 Å². The molecule has 4 rings (SSSR count). The van der Waals surface area contributed by atoms with Gasteiger partial charge in [-0.3, -0.25) is 4.79 Å². The summed E-state index contributed by atoms with van der Waals surface area (Å²) in [5, 5.41) is 2.94. The number of pyridine rings is 1. The third-order valence-electron chi connectivity index (χ3n) is 4.21. The van der Waals surface area contributed by atoms with Crippen LogP contribution in [0.5, 0.6) is 5.75 Å². The summed E-state index contributed by atoms with van der Waals surface area (Å²) < 4.78 is 7.38. The fraction of sp³-hybridized carbons (Fsp3) is 0.0909. The van der Waals surface area contributed by atoms with E-state index in [-0.39, 0.29) is 5.91 Å². The van der Waals surface area contributed by atoms with E-state index in [0.29, 0.717) is 12.2 Å². The number of anilines is 1. The summed E-state index contributed by atoms with van der Waals surface area (Å²) in [5.41, 5.74) is 4.00. The molecule has 0 spiro atoms. The Labute approximate surface area is 157 Å². The van der Waals surface area contributed by atoms with Crippen LogP contribution in [0.2, 0.25) is 0 Å². The van der Waals surface area contributed by atoms with E-state index in [9.17, 15) is 4.79 Å². The van der Waals surface area contributed by atoms with Crippen LogP contribution in [0, 0.1) is 0 Å². The first-order chi connectivity index (χ1) is 13.2. The Morgan fingerprint density at radius 2 is 1.93 bits per heavy atom. The van der Waals surface area contributed by atoms with Gasteiger partial charge in [0.05, 0.1) is 12.3 Å². The molecule has 0 atom stereocenters. The van der Waals surface area contributed by atoms with E-state index in [4.69, 9.17) is 4.74 Å². The van der Waals surface area contributed by atoms with E-state index in [1.54, 1.807) is 24.3 Å². The number of carbonyl (C=O) groups is 1. The third kappa shape index (κ3) is 3.67. The zero-order valence-corrected chi connectivity index (χ0v) is 14.9. The summed E-state index contributed by atoms with van der Waals surface area (Å²) in [6.45, 7) is 2.53. The highest BCUT2D eigenvalue weighted by atomic mass is 16.5. The largest absolute Gasteiger partial charge is 0.494 e. The normalized spacial score (nSPS) is 10.7. The molecule has 5 nitrogen and oxygen atoms in total. The van der Waals surface area contributed by atoms with E-state index < -0.39 is 0 Å². The molecule has 0 unspecified atom stereocenters. The van der Waals surface area contributed by atoms with Gasteiger partial charge in [0.15, 0.2) is 0 Å². The zero-order valence-electron chi connectivity index (χ0n) is 14.9. The average molecular weight is 357 g/mol. The van der Waals surface area contributed by atoms with Gasteiger partial charge in [-0.25, -0.2) is 4.98 Å². The molecule has 5 heteroatoms. The highest BCUT2D eigenvalue weighted by molar-refractivity contribution is 6.04. The Hall–Kier alpha value is -3.60. The lowest BCUT2D eigenvalue weighted by Gasteiger charge is -2.08. The lowest BCUT2D eigenvalue weighted by Crippen LogP contribution is -2.11. The fourth-order valence-corrected chi connectivity index (χ4v) is 2.90. The van der Waals surface area contributed by atoms with Gasteiger partial charge in [0.1, 0.15) is 11.4 Å². The zero-order chi connectivity index (χ0) is 18.6. The highest BCUT2D eigenvalue weighted by Crippen LogP contribution is 2.23. The maximum atomic E-state index is 12.5. The standard InChI is InChI=1S/C22H19N3O2/c1-2-27-19-11-9-16(10-12-19)22(26)23-18-7-5-6-17(14-18)20-15-25-13-4-3-8-21(25)24-20/h3-15H,2H2,1H3,(H,23,26). The molecule has 0 saturated heterocycles. The second-order valence-electron chi connectivity index (χ2n) is 6.08. The molecule has 2 aromatic carbocycles.